The topological polar surface area (TPSA) is 29.5 Å². The largest absolute Gasteiger partial charge is 0.494 e. The molecule has 5 heteroatoms. The van der Waals surface area contributed by atoms with Crippen LogP contribution in [0.15, 0.2) is 40.9 Å². The van der Waals surface area contributed by atoms with E-state index in [2.05, 4.69) is 15.9 Å². The van der Waals surface area contributed by atoms with Gasteiger partial charge in [0.25, 0.3) is 0 Å². The van der Waals surface area contributed by atoms with Crippen molar-refractivity contribution in [1.29, 1.82) is 0 Å². The molecule has 2 rings (SSSR count). The average molecular weight is 346 g/mol. The predicted molar refractivity (Wildman–Crippen MR) is 76.2 cm³/mol. The van der Waals surface area contributed by atoms with Crippen molar-refractivity contribution in [3.63, 3.8) is 0 Å². The summed E-state index contributed by atoms with van der Waals surface area (Å²) >= 11 is 9.24. The molecule has 0 heterocycles. The number of hydrogen-bond donors (Lipinski definition) is 1. The highest BCUT2D eigenvalue weighted by molar-refractivity contribution is 9.10. The normalized spacial score (nSPS) is 12.3. The van der Waals surface area contributed by atoms with E-state index >= 15 is 0 Å². The zero-order chi connectivity index (χ0) is 14.0. The lowest BCUT2D eigenvalue weighted by Crippen LogP contribution is -2.02. The summed E-state index contributed by atoms with van der Waals surface area (Å²) in [6.45, 7) is 0. The summed E-state index contributed by atoms with van der Waals surface area (Å²) in [7, 11) is 1.39. The molecule has 1 atom stereocenters. The fourth-order valence-electron chi connectivity index (χ4n) is 1.76. The van der Waals surface area contributed by atoms with Crippen LogP contribution in [0.2, 0.25) is 5.02 Å². The third-order valence-electron chi connectivity index (χ3n) is 2.74. The van der Waals surface area contributed by atoms with Crippen molar-refractivity contribution in [2.24, 2.45) is 0 Å². The van der Waals surface area contributed by atoms with Crippen LogP contribution in [0.1, 0.15) is 17.2 Å². The highest BCUT2D eigenvalue weighted by atomic mass is 79.9. The molecule has 0 aromatic heterocycles. The number of aliphatic hydroxyl groups is 1. The minimum atomic E-state index is -0.964. The summed E-state index contributed by atoms with van der Waals surface area (Å²) < 4.78 is 19.2. The quantitative estimate of drug-likeness (QED) is 0.897. The monoisotopic (exact) mass is 344 g/mol. The molecular weight excluding hydrogens is 335 g/mol. The Morgan fingerprint density at radius 3 is 2.63 bits per heavy atom. The Labute approximate surface area is 123 Å². The van der Waals surface area contributed by atoms with Crippen molar-refractivity contribution < 1.29 is 14.2 Å². The first-order valence-corrected chi connectivity index (χ1v) is 6.66. The molecular formula is C14H11BrClFO2. The smallest absolute Gasteiger partial charge is 0.165 e. The summed E-state index contributed by atoms with van der Waals surface area (Å²) in [5.74, 6) is -0.377. The Morgan fingerprint density at radius 2 is 2.00 bits per heavy atom. The standard InChI is InChI=1S/C14H11BrClFO2/c1-19-13-5-2-8(6-12(13)17)14(18)10-7-9(16)3-4-11(10)15/h2-7,14,18H,1H3. The molecule has 0 amide bonds. The lowest BCUT2D eigenvalue weighted by atomic mass is 10.0. The van der Waals surface area contributed by atoms with E-state index in [1.165, 1.54) is 19.2 Å². The summed E-state index contributed by atoms with van der Waals surface area (Å²) in [4.78, 5) is 0. The van der Waals surface area contributed by atoms with E-state index in [1.54, 1.807) is 24.3 Å². The van der Waals surface area contributed by atoms with Gasteiger partial charge >= 0.3 is 0 Å². The van der Waals surface area contributed by atoms with Crippen molar-refractivity contribution in [3.8, 4) is 5.75 Å². The van der Waals surface area contributed by atoms with Crippen molar-refractivity contribution in [2.75, 3.05) is 7.11 Å². The van der Waals surface area contributed by atoms with E-state index in [9.17, 15) is 9.50 Å². The van der Waals surface area contributed by atoms with Crippen molar-refractivity contribution in [1.82, 2.24) is 0 Å². The van der Waals surface area contributed by atoms with Gasteiger partial charge in [0.1, 0.15) is 6.10 Å². The zero-order valence-corrected chi connectivity index (χ0v) is 12.4. The molecule has 0 bridgehead atoms. The van der Waals surface area contributed by atoms with Gasteiger partial charge in [-0.2, -0.15) is 0 Å². The summed E-state index contributed by atoms with van der Waals surface area (Å²) in [5, 5.41) is 10.8. The molecule has 0 aliphatic carbocycles. The fourth-order valence-corrected chi connectivity index (χ4v) is 2.40. The molecule has 0 aliphatic heterocycles. The number of hydrogen-bond acceptors (Lipinski definition) is 2. The van der Waals surface area contributed by atoms with E-state index in [4.69, 9.17) is 16.3 Å². The van der Waals surface area contributed by atoms with Gasteiger partial charge in [-0.15, -0.1) is 0 Å². The molecule has 19 heavy (non-hydrogen) atoms. The van der Waals surface area contributed by atoms with Gasteiger partial charge in [-0.3, -0.25) is 0 Å². The highest BCUT2D eigenvalue weighted by Crippen LogP contribution is 2.32. The number of aliphatic hydroxyl groups excluding tert-OH is 1. The lowest BCUT2D eigenvalue weighted by Gasteiger charge is -2.14. The molecule has 0 saturated heterocycles. The van der Waals surface area contributed by atoms with Gasteiger partial charge in [0.05, 0.1) is 7.11 Å². The fraction of sp³-hybridized carbons (Fsp3) is 0.143. The van der Waals surface area contributed by atoms with E-state index in [1.807, 2.05) is 0 Å². The molecule has 0 aliphatic rings. The van der Waals surface area contributed by atoms with Crippen LogP contribution < -0.4 is 4.74 Å². The van der Waals surface area contributed by atoms with Gasteiger partial charge in [0.15, 0.2) is 11.6 Å². The van der Waals surface area contributed by atoms with Gasteiger partial charge in [-0.25, -0.2) is 4.39 Å². The molecule has 2 aromatic carbocycles. The average Bonchev–Trinajstić information content (AvgIpc) is 2.40. The van der Waals surface area contributed by atoms with Crippen LogP contribution in [-0.2, 0) is 0 Å². The molecule has 0 fully saturated rings. The Balaban J connectivity index is 2.41. The number of halogens is 3. The summed E-state index contributed by atoms with van der Waals surface area (Å²) in [6, 6.07) is 9.42. The second kappa shape index (κ2) is 5.90. The third-order valence-corrected chi connectivity index (χ3v) is 3.70. The third kappa shape index (κ3) is 3.08. The van der Waals surface area contributed by atoms with Crippen LogP contribution in [0.5, 0.6) is 5.75 Å². The zero-order valence-electron chi connectivity index (χ0n) is 10.0. The highest BCUT2D eigenvalue weighted by Gasteiger charge is 2.16. The Morgan fingerprint density at radius 1 is 1.26 bits per heavy atom. The lowest BCUT2D eigenvalue weighted by molar-refractivity contribution is 0.218. The SMILES string of the molecule is COc1ccc(C(O)c2cc(Cl)ccc2Br)cc1F. The first-order valence-electron chi connectivity index (χ1n) is 5.49. The van der Waals surface area contributed by atoms with Gasteiger partial charge in [0, 0.05) is 15.1 Å². The Kier molecular flexibility index (Phi) is 4.45. The summed E-state index contributed by atoms with van der Waals surface area (Å²) in [6.07, 6.45) is -0.964. The van der Waals surface area contributed by atoms with Crippen LogP contribution in [0, 0.1) is 5.82 Å². The van der Waals surface area contributed by atoms with Gasteiger partial charge in [-0.1, -0.05) is 33.6 Å². The number of methoxy groups -OCH3 is 1. The van der Waals surface area contributed by atoms with E-state index < -0.39 is 11.9 Å². The van der Waals surface area contributed by atoms with Gasteiger partial charge < -0.3 is 9.84 Å². The maximum absolute atomic E-state index is 13.6. The Hall–Kier alpha value is -1.10. The van der Waals surface area contributed by atoms with Gasteiger partial charge in [-0.05, 0) is 35.9 Å². The molecule has 0 spiro atoms. The maximum atomic E-state index is 13.6. The molecule has 0 saturated carbocycles. The maximum Gasteiger partial charge on any atom is 0.165 e. The van der Waals surface area contributed by atoms with Crippen LogP contribution >= 0.6 is 27.5 Å². The van der Waals surface area contributed by atoms with Gasteiger partial charge in [0.2, 0.25) is 0 Å². The van der Waals surface area contributed by atoms with Crippen molar-refractivity contribution in [3.05, 3.63) is 62.8 Å². The first kappa shape index (κ1) is 14.3. The minimum absolute atomic E-state index is 0.140. The van der Waals surface area contributed by atoms with Crippen LogP contribution in [0.4, 0.5) is 4.39 Å². The molecule has 100 valence electrons. The van der Waals surface area contributed by atoms with E-state index in [-0.39, 0.29) is 5.75 Å². The van der Waals surface area contributed by atoms with Crippen molar-refractivity contribution in [2.45, 2.75) is 6.10 Å². The van der Waals surface area contributed by atoms with Crippen LogP contribution in [0.25, 0.3) is 0 Å². The van der Waals surface area contributed by atoms with E-state index in [0.29, 0.717) is 20.6 Å². The van der Waals surface area contributed by atoms with Crippen molar-refractivity contribution >= 4 is 27.5 Å². The molecule has 2 nitrogen and oxygen atoms in total. The number of rotatable bonds is 3. The number of benzene rings is 2. The molecule has 1 unspecified atom stereocenters. The first-order chi connectivity index (χ1) is 9.02. The van der Waals surface area contributed by atoms with Crippen LogP contribution in [-0.4, -0.2) is 12.2 Å². The summed E-state index contributed by atoms with van der Waals surface area (Å²) in [5.41, 5.74) is 1.01. The number of ether oxygens (including phenoxy) is 1. The molecule has 1 N–H and O–H groups in total. The second-order valence-electron chi connectivity index (χ2n) is 3.96. The molecule has 2 aromatic rings. The van der Waals surface area contributed by atoms with Crippen LogP contribution in [0.3, 0.4) is 0 Å². The molecule has 0 radical (unpaired) electrons. The van der Waals surface area contributed by atoms with E-state index in [0.717, 1.165) is 0 Å². The second-order valence-corrected chi connectivity index (χ2v) is 5.25. The Bertz CT molecular complexity index is 604. The minimum Gasteiger partial charge on any atom is -0.494 e. The predicted octanol–water partition coefficient (Wildman–Crippen LogP) is 4.33.